The zero-order valence-corrected chi connectivity index (χ0v) is 38.0. The maximum Gasteiger partial charge on any atom is 0.0631 e. The van der Waals surface area contributed by atoms with E-state index < -0.39 is 0 Å². The molecule has 4 aliphatic carbocycles. The third kappa shape index (κ3) is 7.12. The van der Waals surface area contributed by atoms with Gasteiger partial charge in [-0.2, -0.15) is 0 Å². The van der Waals surface area contributed by atoms with Crippen LogP contribution < -0.4 is 42.5 Å². The second kappa shape index (κ2) is 14.7. The standard InChI is InChI=1S/C48H88N8/c1-45(2,3)33-31-32(34(46(4,5)6)36(48(10,11)12)35(33)47(7,8)9)44-55-42-30-24-18-16-22-28(30)40(53-42)51-38-26-20-14-13-19-25(26)37(49-38)50-39-27-21-15-17-23-29(27)41(52-39)54-43(31)56-44/h25-44,49-56H,13-24H2,1-12H3. The van der Waals surface area contributed by atoms with Crippen molar-refractivity contribution < 1.29 is 0 Å². The zero-order chi connectivity index (χ0) is 39.7. The molecule has 4 saturated carbocycles. The van der Waals surface area contributed by atoms with Crippen LogP contribution in [-0.4, -0.2) is 49.3 Å². The SMILES string of the molecule is CC(C)(C)C1C2C3NC4NC(NC5NC(NC6NC(NC(N3)C2C(C(C)(C)C)C(C(C)(C)C)C1C(C)(C)C)C1CCCCC61)C1CCCCC51)C1CCCCC41. The molecule has 8 heteroatoms. The Kier molecular flexibility index (Phi) is 10.7. The smallest absolute Gasteiger partial charge is 0.0631 e. The summed E-state index contributed by atoms with van der Waals surface area (Å²) >= 11 is 0. The zero-order valence-electron chi connectivity index (χ0n) is 38.0. The van der Waals surface area contributed by atoms with E-state index >= 15 is 0 Å². The Hall–Kier alpha value is -0.320. The van der Waals surface area contributed by atoms with Crippen molar-refractivity contribution in [3.63, 3.8) is 0 Å². The Morgan fingerprint density at radius 2 is 0.429 bits per heavy atom. The summed E-state index contributed by atoms with van der Waals surface area (Å²) in [6, 6.07) is 0. The molecule has 20 atom stereocenters. The fourth-order valence-electron chi connectivity index (χ4n) is 16.6. The molecule has 9 fully saturated rings. The average Bonchev–Trinajstić information content (AvgIpc) is 3.84. The highest BCUT2D eigenvalue weighted by Crippen LogP contribution is 2.66. The van der Waals surface area contributed by atoms with Gasteiger partial charge < -0.3 is 0 Å². The van der Waals surface area contributed by atoms with E-state index in [0.29, 0.717) is 108 Å². The second-order valence-corrected chi connectivity index (χ2v) is 25.7. The lowest BCUT2D eigenvalue weighted by Crippen LogP contribution is -2.64. The first-order chi connectivity index (χ1) is 26.3. The highest BCUT2D eigenvalue weighted by Gasteiger charge is 2.67. The molecule has 8 bridgehead atoms. The molecule has 0 radical (unpaired) electrons. The molecule has 9 aliphatic rings. The number of nitrogens with one attached hydrogen (secondary N) is 8. The number of hydrogen-bond acceptors (Lipinski definition) is 8. The number of fused-ring (bicyclic) bond motifs is 20. The summed E-state index contributed by atoms with van der Waals surface area (Å²) in [7, 11) is 0. The molecule has 5 aliphatic heterocycles. The third-order valence-corrected chi connectivity index (χ3v) is 18.3. The summed E-state index contributed by atoms with van der Waals surface area (Å²) in [5.41, 5.74) is 0.712. The van der Waals surface area contributed by atoms with E-state index in [1.54, 1.807) is 0 Å². The summed E-state index contributed by atoms with van der Waals surface area (Å²) < 4.78 is 0. The van der Waals surface area contributed by atoms with Crippen molar-refractivity contribution in [1.82, 2.24) is 42.5 Å². The van der Waals surface area contributed by atoms with Crippen LogP contribution in [0.15, 0.2) is 0 Å². The van der Waals surface area contributed by atoms with Crippen molar-refractivity contribution in [2.75, 3.05) is 0 Å². The maximum absolute atomic E-state index is 4.56. The van der Waals surface area contributed by atoms with Gasteiger partial charge in [0.05, 0.1) is 49.3 Å². The Morgan fingerprint density at radius 3 is 0.625 bits per heavy atom. The van der Waals surface area contributed by atoms with Gasteiger partial charge in [-0.3, -0.25) is 42.5 Å². The molecule has 5 heterocycles. The molecule has 56 heavy (non-hydrogen) atoms. The van der Waals surface area contributed by atoms with Gasteiger partial charge in [-0.15, -0.1) is 0 Å². The second-order valence-electron chi connectivity index (χ2n) is 25.7. The molecule has 5 saturated heterocycles. The first-order valence-electron chi connectivity index (χ1n) is 24.4. The molecule has 9 rings (SSSR count). The van der Waals surface area contributed by atoms with E-state index in [2.05, 4.69) is 126 Å². The largest absolute Gasteiger partial charge is 0.286 e. The normalized spacial score (nSPS) is 51.2. The Bertz CT molecular complexity index is 1290. The minimum Gasteiger partial charge on any atom is -0.286 e. The minimum absolute atomic E-state index is 0.166. The van der Waals surface area contributed by atoms with Crippen molar-refractivity contribution in [2.24, 2.45) is 92.7 Å². The van der Waals surface area contributed by atoms with Crippen LogP contribution >= 0.6 is 0 Å². The van der Waals surface area contributed by atoms with Crippen LogP contribution in [0, 0.1) is 92.7 Å². The quantitative estimate of drug-likeness (QED) is 0.127. The van der Waals surface area contributed by atoms with Crippen LogP contribution in [-0.2, 0) is 0 Å². The molecule has 8 N–H and O–H groups in total. The summed E-state index contributed by atoms with van der Waals surface area (Å²) in [5, 5.41) is 35.4. The van der Waals surface area contributed by atoms with E-state index in [-0.39, 0.29) is 34.0 Å². The Balaban J connectivity index is 1.17. The third-order valence-electron chi connectivity index (χ3n) is 18.3. The molecule has 8 nitrogen and oxygen atoms in total. The van der Waals surface area contributed by atoms with Crippen LogP contribution in [0.5, 0.6) is 0 Å². The van der Waals surface area contributed by atoms with E-state index in [1.807, 2.05) is 0 Å². The number of rotatable bonds is 0. The van der Waals surface area contributed by atoms with Gasteiger partial charge >= 0.3 is 0 Å². The van der Waals surface area contributed by atoms with Gasteiger partial charge in [0.15, 0.2) is 0 Å². The first kappa shape index (κ1) is 41.1. The monoisotopic (exact) mass is 777 g/mol. The predicted octanol–water partition coefficient (Wildman–Crippen LogP) is 7.69. The van der Waals surface area contributed by atoms with E-state index in [4.69, 9.17) is 0 Å². The molecule has 0 aromatic carbocycles. The molecule has 0 aromatic rings. The fourth-order valence-corrected chi connectivity index (χ4v) is 16.6. The average molecular weight is 777 g/mol. The van der Waals surface area contributed by atoms with Crippen LogP contribution in [0.25, 0.3) is 0 Å². The molecule has 0 aromatic heterocycles. The Labute approximate surface area is 343 Å². The van der Waals surface area contributed by atoms with Crippen LogP contribution in [0.2, 0.25) is 0 Å². The predicted molar refractivity (Wildman–Crippen MR) is 230 cm³/mol. The maximum atomic E-state index is 4.56. The molecule has 320 valence electrons. The van der Waals surface area contributed by atoms with Crippen LogP contribution in [0.1, 0.15) is 160 Å². The molecule has 20 unspecified atom stereocenters. The summed E-state index contributed by atoms with van der Waals surface area (Å²) in [4.78, 5) is 0. The van der Waals surface area contributed by atoms with E-state index in [9.17, 15) is 0 Å². The van der Waals surface area contributed by atoms with Gasteiger partial charge in [-0.1, -0.05) is 122 Å². The molecular weight excluding hydrogens is 689 g/mol. The highest BCUT2D eigenvalue weighted by atomic mass is 15.4. The molecule has 0 spiro atoms. The van der Waals surface area contributed by atoms with Crippen molar-refractivity contribution in [3.8, 4) is 0 Å². The topological polar surface area (TPSA) is 96.2 Å². The van der Waals surface area contributed by atoms with Gasteiger partial charge in [-0.25, -0.2) is 0 Å². The van der Waals surface area contributed by atoms with Crippen molar-refractivity contribution in [3.05, 3.63) is 0 Å². The van der Waals surface area contributed by atoms with Gasteiger partial charge in [0.25, 0.3) is 0 Å². The van der Waals surface area contributed by atoms with Gasteiger partial charge in [0, 0.05) is 0 Å². The lowest BCUT2D eigenvalue weighted by molar-refractivity contribution is -0.168. The first-order valence-corrected chi connectivity index (χ1v) is 24.4. The molecular formula is C48H88N8. The van der Waals surface area contributed by atoms with Crippen molar-refractivity contribution in [2.45, 2.75) is 209 Å². The summed E-state index contributed by atoms with van der Waals surface area (Å²) in [6.45, 7) is 31.2. The van der Waals surface area contributed by atoms with Crippen LogP contribution in [0.4, 0.5) is 0 Å². The van der Waals surface area contributed by atoms with E-state index in [1.165, 1.54) is 77.0 Å². The van der Waals surface area contributed by atoms with Gasteiger partial charge in [0.1, 0.15) is 0 Å². The summed E-state index contributed by atoms with van der Waals surface area (Å²) in [5.74, 6) is 7.49. The summed E-state index contributed by atoms with van der Waals surface area (Å²) in [6.07, 6.45) is 18.9. The lowest BCUT2D eigenvalue weighted by Gasteiger charge is -2.64. The fraction of sp³-hybridized carbons (Fsp3) is 1.00. The lowest BCUT2D eigenvalue weighted by atomic mass is 9.40. The van der Waals surface area contributed by atoms with E-state index in [0.717, 1.165) is 0 Å². The van der Waals surface area contributed by atoms with Crippen LogP contribution in [0.3, 0.4) is 0 Å². The van der Waals surface area contributed by atoms with Gasteiger partial charge in [-0.05, 0) is 131 Å². The highest BCUT2D eigenvalue weighted by molar-refractivity contribution is 5.16. The van der Waals surface area contributed by atoms with Gasteiger partial charge in [0.2, 0.25) is 0 Å². The van der Waals surface area contributed by atoms with Crippen molar-refractivity contribution in [1.29, 1.82) is 0 Å². The number of hydrogen-bond donors (Lipinski definition) is 8. The van der Waals surface area contributed by atoms with Crippen molar-refractivity contribution >= 4 is 0 Å². The Morgan fingerprint density at radius 1 is 0.250 bits per heavy atom. The minimum atomic E-state index is 0.166. The molecule has 0 amide bonds.